The zero-order chi connectivity index (χ0) is 7.84. The summed E-state index contributed by atoms with van der Waals surface area (Å²) in [5.41, 5.74) is 2.58. The number of aryl methyl sites for hydroxylation is 1. The third-order valence-corrected chi connectivity index (χ3v) is 1.63. The minimum atomic E-state index is 0.739. The first kappa shape index (κ1) is 6.40. The molecule has 0 amide bonds. The molecule has 11 heavy (non-hydrogen) atoms. The fourth-order valence-corrected chi connectivity index (χ4v) is 1.05. The molecule has 0 aliphatic heterocycles. The summed E-state index contributed by atoms with van der Waals surface area (Å²) in [6.07, 6.45) is 0. The van der Waals surface area contributed by atoms with Gasteiger partial charge in [0.05, 0.1) is 5.52 Å². The highest BCUT2D eigenvalue weighted by atomic mass is 15.4. The van der Waals surface area contributed by atoms with Gasteiger partial charge in [-0.15, -0.1) is 5.10 Å². The van der Waals surface area contributed by atoms with Crippen LogP contribution in [-0.4, -0.2) is 22.8 Å². The van der Waals surface area contributed by atoms with Gasteiger partial charge < -0.3 is 0 Å². The molecule has 2 aromatic rings. The predicted molar refractivity (Wildman–Crippen MR) is 43.9 cm³/mol. The van der Waals surface area contributed by atoms with Crippen LogP contribution in [0.25, 0.3) is 11.0 Å². The molecule has 0 atom stereocenters. The summed E-state index contributed by atoms with van der Waals surface area (Å²) in [6, 6.07) is 5.53. The zero-order valence-corrected chi connectivity index (χ0v) is 6.15. The van der Waals surface area contributed by atoms with Gasteiger partial charge in [-0.05, 0) is 12.1 Å². The molecule has 0 unspecified atom stereocenters. The van der Waals surface area contributed by atoms with E-state index in [1.54, 1.807) is 4.68 Å². The first-order valence-electron chi connectivity index (χ1n) is 3.32. The summed E-state index contributed by atoms with van der Waals surface area (Å²) in [5, 5.41) is 7.76. The maximum Gasteiger partial charge on any atom is 0.113 e. The molecule has 0 spiro atoms. The third kappa shape index (κ3) is 0.907. The highest BCUT2D eigenvalue weighted by molar-refractivity contribution is 6.33. The van der Waals surface area contributed by atoms with Crippen LogP contribution in [0, 0.1) is 0 Å². The Morgan fingerprint density at radius 1 is 1.45 bits per heavy atom. The molecule has 0 fully saturated rings. The van der Waals surface area contributed by atoms with E-state index in [0.29, 0.717) is 0 Å². The molecule has 52 valence electrons. The van der Waals surface area contributed by atoms with E-state index >= 15 is 0 Å². The number of benzene rings is 1. The zero-order valence-electron chi connectivity index (χ0n) is 6.15. The molecule has 0 saturated carbocycles. The van der Waals surface area contributed by atoms with Crippen LogP contribution < -0.4 is 5.46 Å². The van der Waals surface area contributed by atoms with Crippen molar-refractivity contribution < 1.29 is 0 Å². The smallest absolute Gasteiger partial charge is 0.113 e. The average Bonchev–Trinajstić information content (AvgIpc) is 2.33. The monoisotopic (exact) mass is 143 g/mol. The molecular formula is C7H6BN3. The highest BCUT2D eigenvalue weighted by Gasteiger charge is 1.98. The molecule has 3 nitrogen and oxygen atoms in total. The minimum absolute atomic E-state index is 0.739. The molecule has 1 aromatic carbocycles. The van der Waals surface area contributed by atoms with Gasteiger partial charge in [0, 0.05) is 7.05 Å². The van der Waals surface area contributed by atoms with E-state index in [-0.39, 0.29) is 0 Å². The van der Waals surface area contributed by atoms with Crippen molar-refractivity contribution in [1.29, 1.82) is 0 Å². The summed E-state index contributed by atoms with van der Waals surface area (Å²) in [7, 11) is 7.43. The van der Waals surface area contributed by atoms with E-state index in [1.807, 2.05) is 25.2 Å². The Balaban J connectivity index is 2.87. The van der Waals surface area contributed by atoms with Crippen molar-refractivity contribution in [3.05, 3.63) is 18.2 Å². The SMILES string of the molecule is [B]c1ccc2nnn(C)c2c1. The van der Waals surface area contributed by atoms with Gasteiger partial charge in [-0.3, -0.25) is 0 Å². The van der Waals surface area contributed by atoms with E-state index in [9.17, 15) is 0 Å². The molecule has 2 radical (unpaired) electrons. The van der Waals surface area contributed by atoms with Gasteiger partial charge >= 0.3 is 0 Å². The molecule has 0 saturated heterocycles. The number of rotatable bonds is 0. The van der Waals surface area contributed by atoms with Crippen LogP contribution in [0.15, 0.2) is 18.2 Å². The summed E-state index contributed by atoms with van der Waals surface area (Å²) in [4.78, 5) is 0. The summed E-state index contributed by atoms with van der Waals surface area (Å²) < 4.78 is 1.70. The van der Waals surface area contributed by atoms with Gasteiger partial charge in [-0.25, -0.2) is 4.68 Å². The standard InChI is InChI=1S/C7H6BN3/c1-11-7-4-5(8)2-3-6(7)9-10-11/h2-4H,1H3. The lowest BCUT2D eigenvalue weighted by atomic mass is 9.96. The molecule has 2 rings (SSSR count). The Hall–Kier alpha value is -1.32. The highest BCUT2D eigenvalue weighted by Crippen LogP contribution is 2.05. The molecule has 4 heteroatoms. The first-order valence-corrected chi connectivity index (χ1v) is 3.32. The van der Waals surface area contributed by atoms with E-state index in [2.05, 4.69) is 10.3 Å². The fraction of sp³-hybridized carbons (Fsp3) is 0.143. The number of nitrogens with zero attached hydrogens (tertiary/aromatic N) is 3. The third-order valence-electron chi connectivity index (χ3n) is 1.63. The van der Waals surface area contributed by atoms with Crippen molar-refractivity contribution in [1.82, 2.24) is 15.0 Å². The number of hydrogen-bond acceptors (Lipinski definition) is 2. The van der Waals surface area contributed by atoms with Gasteiger partial charge in [-0.2, -0.15) is 0 Å². The Morgan fingerprint density at radius 2 is 2.27 bits per heavy atom. The van der Waals surface area contributed by atoms with Crippen LogP contribution in [0.4, 0.5) is 0 Å². The first-order chi connectivity index (χ1) is 5.27. The molecule has 0 aliphatic rings. The normalized spacial score (nSPS) is 10.6. The van der Waals surface area contributed by atoms with Crippen molar-refractivity contribution in [3.63, 3.8) is 0 Å². The van der Waals surface area contributed by atoms with Gasteiger partial charge in [0.2, 0.25) is 0 Å². The van der Waals surface area contributed by atoms with Crippen LogP contribution in [0.1, 0.15) is 0 Å². The average molecular weight is 143 g/mol. The lowest BCUT2D eigenvalue weighted by Gasteiger charge is -1.92. The molecule has 1 aromatic heterocycles. The summed E-state index contributed by atoms with van der Waals surface area (Å²) in [6.45, 7) is 0. The Kier molecular flexibility index (Phi) is 1.21. The van der Waals surface area contributed by atoms with Crippen LogP contribution >= 0.6 is 0 Å². The maximum absolute atomic E-state index is 5.58. The van der Waals surface area contributed by atoms with Gasteiger partial charge in [-0.1, -0.05) is 16.7 Å². The second-order valence-corrected chi connectivity index (χ2v) is 2.46. The van der Waals surface area contributed by atoms with Crippen LogP contribution in [0.2, 0.25) is 0 Å². The summed E-state index contributed by atoms with van der Waals surface area (Å²) >= 11 is 0. The molecule has 0 N–H and O–H groups in total. The Morgan fingerprint density at radius 3 is 3.09 bits per heavy atom. The number of fused-ring (bicyclic) bond motifs is 1. The predicted octanol–water partition coefficient (Wildman–Crippen LogP) is -0.238. The number of aromatic nitrogens is 3. The van der Waals surface area contributed by atoms with Crippen molar-refractivity contribution in [2.45, 2.75) is 0 Å². The van der Waals surface area contributed by atoms with Gasteiger partial charge in [0.15, 0.2) is 0 Å². The van der Waals surface area contributed by atoms with Crippen LogP contribution in [-0.2, 0) is 7.05 Å². The van der Waals surface area contributed by atoms with E-state index in [4.69, 9.17) is 7.85 Å². The Bertz CT molecular complexity index is 393. The van der Waals surface area contributed by atoms with Crippen molar-refractivity contribution in [2.24, 2.45) is 7.05 Å². The molecular weight excluding hydrogens is 137 g/mol. The van der Waals surface area contributed by atoms with Crippen molar-refractivity contribution >= 4 is 24.3 Å². The summed E-state index contributed by atoms with van der Waals surface area (Å²) in [5.74, 6) is 0. The van der Waals surface area contributed by atoms with E-state index in [0.717, 1.165) is 16.5 Å². The molecule has 1 heterocycles. The van der Waals surface area contributed by atoms with Gasteiger partial charge in [0.25, 0.3) is 0 Å². The maximum atomic E-state index is 5.58. The largest absolute Gasteiger partial charge is 0.248 e. The lowest BCUT2D eigenvalue weighted by molar-refractivity contribution is 0.736. The van der Waals surface area contributed by atoms with Crippen molar-refractivity contribution in [3.8, 4) is 0 Å². The molecule has 0 aliphatic carbocycles. The van der Waals surface area contributed by atoms with E-state index < -0.39 is 0 Å². The molecule has 0 bridgehead atoms. The van der Waals surface area contributed by atoms with Crippen LogP contribution in [0.3, 0.4) is 0 Å². The quantitative estimate of drug-likeness (QED) is 0.476. The van der Waals surface area contributed by atoms with Crippen LogP contribution in [0.5, 0.6) is 0 Å². The number of hydrogen-bond donors (Lipinski definition) is 0. The second-order valence-electron chi connectivity index (χ2n) is 2.46. The second kappa shape index (κ2) is 2.08. The Labute approximate surface area is 65.4 Å². The van der Waals surface area contributed by atoms with E-state index in [1.165, 1.54) is 0 Å². The lowest BCUT2D eigenvalue weighted by Crippen LogP contribution is -2.01. The van der Waals surface area contributed by atoms with Crippen molar-refractivity contribution in [2.75, 3.05) is 0 Å². The fourth-order valence-electron chi connectivity index (χ4n) is 1.05. The minimum Gasteiger partial charge on any atom is -0.248 e. The topological polar surface area (TPSA) is 30.7 Å². The van der Waals surface area contributed by atoms with Gasteiger partial charge in [0.1, 0.15) is 13.4 Å².